The zero-order chi connectivity index (χ0) is 40.1. The molecule has 4 amide bonds. The van der Waals surface area contributed by atoms with Crippen molar-refractivity contribution in [3.05, 3.63) is 35.5 Å². The van der Waals surface area contributed by atoms with Crippen molar-refractivity contribution in [1.82, 2.24) is 21.3 Å². The highest BCUT2D eigenvalue weighted by molar-refractivity contribution is 8.00. The second-order valence-corrected chi connectivity index (χ2v) is 20.2. The Kier molecular flexibility index (Phi) is 17.3. The van der Waals surface area contributed by atoms with Gasteiger partial charge in [-0.15, -0.1) is 11.8 Å². The molecule has 9 nitrogen and oxygen atoms in total. The number of nitrogens with one attached hydrogen (secondary N) is 4. The van der Waals surface area contributed by atoms with Crippen molar-refractivity contribution in [3.8, 4) is 0 Å². The molecule has 3 saturated carbocycles. The molecule has 2 aliphatic heterocycles. The maximum Gasteiger partial charge on any atom is 0.316 e. The van der Waals surface area contributed by atoms with Gasteiger partial charge in [0.15, 0.2) is 0 Å². The van der Waals surface area contributed by atoms with E-state index in [1.165, 1.54) is 49.7 Å². The topological polar surface area (TPSA) is 129 Å². The zero-order valence-electron chi connectivity index (χ0n) is 35.4. The summed E-state index contributed by atoms with van der Waals surface area (Å²) in [6.07, 6.45) is 26.2. The highest BCUT2D eigenvalue weighted by Crippen LogP contribution is 2.60. The van der Waals surface area contributed by atoms with Crippen molar-refractivity contribution >= 4 is 29.6 Å². The molecule has 2 heterocycles. The molecule has 0 radical (unpaired) electrons. The van der Waals surface area contributed by atoms with Crippen molar-refractivity contribution in [2.75, 3.05) is 19.7 Å². The van der Waals surface area contributed by atoms with Crippen LogP contribution in [0.3, 0.4) is 0 Å². The third-order valence-electron chi connectivity index (χ3n) is 13.7. The third kappa shape index (κ3) is 13.6. The van der Waals surface area contributed by atoms with Gasteiger partial charge in [0.25, 0.3) is 0 Å². The molecule has 0 spiro atoms. The summed E-state index contributed by atoms with van der Waals surface area (Å²) in [6, 6.07) is 0.165. The van der Waals surface area contributed by atoms with Gasteiger partial charge in [-0.3, -0.25) is 9.59 Å². The Balaban J connectivity index is 0.884. The number of amides is 4. The Bertz CT molecular complexity index is 1380. The van der Waals surface area contributed by atoms with Gasteiger partial charge >= 0.3 is 6.03 Å². The maximum absolute atomic E-state index is 12.4. The Labute approximate surface area is 343 Å². The van der Waals surface area contributed by atoms with Crippen LogP contribution in [0.25, 0.3) is 0 Å². The molecule has 3 aliphatic carbocycles. The smallest absolute Gasteiger partial charge is 0.316 e. The van der Waals surface area contributed by atoms with E-state index in [9.17, 15) is 19.5 Å². The second-order valence-electron chi connectivity index (χ2n) is 18.8. The Morgan fingerprint density at radius 1 is 1.00 bits per heavy atom. The normalized spacial score (nSPS) is 30.9. The second kappa shape index (κ2) is 21.6. The number of carbonyl (C=O) groups is 3. The predicted molar refractivity (Wildman–Crippen MR) is 229 cm³/mol. The van der Waals surface area contributed by atoms with Crippen molar-refractivity contribution in [3.63, 3.8) is 0 Å². The first-order chi connectivity index (χ1) is 26.8. The number of fused-ring (bicyclic) bond motifs is 2. The molecular formula is C46H76N4O5S. The molecule has 8 atom stereocenters. The summed E-state index contributed by atoms with van der Waals surface area (Å²) < 4.78 is 6.31. The minimum atomic E-state index is -0.564. The summed E-state index contributed by atoms with van der Waals surface area (Å²) in [4.78, 5) is 36.0. The highest BCUT2D eigenvalue weighted by atomic mass is 32.2. The first-order valence-electron chi connectivity index (χ1n) is 22.5. The molecule has 5 rings (SSSR count). The van der Waals surface area contributed by atoms with E-state index in [1.807, 2.05) is 25.6 Å². The fourth-order valence-electron chi connectivity index (χ4n) is 10.6. The largest absolute Gasteiger partial charge is 0.390 e. The number of ether oxygens (including phenoxy) is 1. The van der Waals surface area contributed by atoms with E-state index >= 15 is 0 Å². The first kappa shape index (κ1) is 44.8. The molecule has 56 heavy (non-hydrogen) atoms. The number of urea groups is 1. The number of aliphatic hydroxyl groups is 1. The van der Waals surface area contributed by atoms with Gasteiger partial charge < -0.3 is 31.1 Å². The van der Waals surface area contributed by atoms with Crippen molar-refractivity contribution in [2.45, 2.75) is 191 Å². The fraction of sp³-hybridized carbons (Fsp3) is 0.804. The van der Waals surface area contributed by atoms with Gasteiger partial charge in [-0.05, 0) is 139 Å². The SMILES string of the molecule is C=C1CC[C@H](OCCCNC(=O)CCCCCCNC(=O)CCC[C@H]2C[C@H]3NC(=O)N[C@H]3S2)C/C1=C/C=C1\CCC[C@@]2(C)C1CCC2[C@H](C)CCCC(C)(C)O. The molecule has 5 fully saturated rings. The quantitative estimate of drug-likeness (QED) is 0.0696. The third-order valence-corrected chi connectivity index (χ3v) is 15.3. The highest BCUT2D eigenvalue weighted by Gasteiger charge is 2.50. The van der Waals surface area contributed by atoms with Crippen LogP contribution in [-0.4, -0.2) is 71.0 Å². The van der Waals surface area contributed by atoms with Crippen LogP contribution in [-0.2, 0) is 14.3 Å². The van der Waals surface area contributed by atoms with E-state index in [4.69, 9.17) is 4.74 Å². The first-order valence-corrected chi connectivity index (χ1v) is 23.4. The molecule has 0 aromatic carbocycles. The van der Waals surface area contributed by atoms with E-state index < -0.39 is 5.60 Å². The monoisotopic (exact) mass is 797 g/mol. The Morgan fingerprint density at radius 2 is 1.75 bits per heavy atom. The lowest BCUT2D eigenvalue weighted by Crippen LogP contribution is -2.36. The van der Waals surface area contributed by atoms with Crippen molar-refractivity contribution < 1.29 is 24.2 Å². The van der Waals surface area contributed by atoms with E-state index in [-0.39, 0.29) is 35.4 Å². The average Bonchev–Trinajstić information content (AvgIpc) is 3.80. The van der Waals surface area contributed by atoms with Gasteiger partial charge in [0.2, 0.25) is 11.8 Å². The molecule has 10 heteroatoms. The molecule has 5 aliphatic rings. The number of hydrogen-bond donors (Lipinski definition) is 5. The van der Waals surface area contributed by atoms with E-state index in [0.29, 0.717) is 55.0 Å². The summed E-state index contributed by atoms with van der Waals surface area (Å²) in [7, 11) is 0. The lowest BCUT2D eigenvalue weighted by Gasteiger charge is -2.44. The number of hydrogen-bond acceptors (Lipinski definition) is 6. The number of unbranched alkanes of at least 4 members (excludes halogenated alkanes) is 3. The van der Waals surface area contributed by atoms with E-state index in [0.717, 1.165) is 89.4 Å². The van der Waals surface area contributed by atoms with E-state index in [1.54, 1.807) is 5.57 Å². The maximum atomic E-state index is 12.4. The summed E-state index contributed by atoms with van der Waals surface area (Å²) in [6.45, 7) is 15.3. The van der Waals surface area contributed by atoms with Gasteiger partial charge in [0.1, 0.15) is 0 Å². The molecule has 5 N–H and O–H groups in total. The predicted octanol–water partition coefficient (Wildman–Crippen LogP) is 9.01. The fourth-order valence-corrected chi connectivity index (χ4v) is 12.1. The van der Waals surface area contributed by atoms with Gasteiger partial charge in [-0.1, -0.05) is 69.4 Å². The summed E-state index contributed by atoms with van der Waals surface area (Å²) in [5.41, 5.74) is 4.07. The van der Waals surface area contributed by atoms with E-state index in [2.05, 4.69) is 53.8 Å². The summed E-state index contributed by atoms with van der Waals surface area (Å²) in [5.74, 6) is 2.38. The van der Waals surface area contributed by atoms with Crippen LogP contribution in [0.5, 0.6) is 0 Å². The van der Waals surface area contributed by atoms with Crippen LogP contribution in [0.1, 0.15) is 163 Å². The van der Waals surface area contributed by atoms with Crippen LogP contribution >= 0.6 is 11.8 Å². The summed E-state index contributed by atoms with van der Waals surface area (Å²) >= 11 is 1.82. The van der Waals surface area contributed by atoms with Gasteiger partial charge in [0, 0.05) is 37.8 Å². The molecule has 2 saturated heterocycles. The zero-order valence-corrected chi connectivity index (χ0v) is 36.2. The number of allylic oxidation sites excluding steroid dienone is 4. The Hall–Kier alpha value is -2.30. The van der Waals surface area contributed by atoms with Gasteiger partial charge in [-0.2, -0.15) is 0 Å². The van der Waals surface area contributed by atoms with Gasteiger partial charge in [-0.25, -0.2) is 4.79 Å². The molecule has 0 aromatic heterocycles. The van der Waals surface area contributed by atoms with Crippen LogP contribution in [0.2, 0.25) is 0 Å². The van der Waals surface area contributed by atoms with Crippen molar-refractivity contribution in [2.24, 2.45) is 23.2 Å². The van der Waals surface area contributed by atoms with Crippen LogP contribution < -0.4 is 21.3 Å². The lowest BCUT2D eigenvalue weighted by molar-refractivity contribution is -0.122. The Morgan fingerprint density at radius 3 is 2.52 bits per heavy atom. The molecule has 316 valence electrons. The summed E-state index contributed by atoms with van der Waals surface area (Å²) in [5, 5.41) is 22.9. The number of rotatable bonds is 22. The van der Waals surface area contributed by atoms with Crippen LogP contribution in [0.15, 0.2) is 35.5 Å². The molecule has 0 bridgehead atoms. The molecule has 2 unspecified atom stereocenters. The van der Waals surface area contributed by atoms with Crippen molar-refractivity contribution in [1.29, 1.82) is 0 Å². The lowest BCUT2D eigenvalue weighted by atomic mass is 9.60. The minimum absolute atomic E-state index is 0.0652. The van der Waals surface area contributed by atoms with Crippen LogP contribution in [0, 0.1) is 23.2 Å². The standard InChI is InChI=1S/C46H76N4O5S/c1-32-19-22-36(30-35(32)21-20-34-15-12-26-46(5)38(23-24-39(34)46)33(2)14-11-25-45(3,4)54)55-29-13-28-48-41(51)17-8-6-7-9-27-47-42(52)18-10-16-37-31-40-43(56-37)50-44(53)49-40/h20-21,33,36-40,43,54H,1,6-19,22-31H2,2-5H3,(H,47,52)(H,48,51)(H2,49,50,53)/b34-20+,35-21-/t33-,36+,37+,38?,39?,40-,43+,46-/m1/s1. The van der Waals surface area contributed by atoms with Crippen LogP contribution in [0.4, 0.5) is 4.79 Å². The molecular weight excluding hydrogens is 721 g/mol. The molecule has 0 aromatic rings. The number of thioether (sulfide) groups is 1. The minimum Gasteiger partial charge on any atom is -0.390 e. The number of carbonyl (C=O) groups excluding carboxylic acids is 3. The van der Waals surface area contributed by atoms with Gasteiger partial charge in [0.05, 0.1) is 23.1 Å². The average molecular weight is 797 g/mol.